The van der Waals surface area contributed by atoms with Gasteiger partial charge in [-0.3, -0.25) is 0 Å². The van der Waals surface area contributed by atoms with Gasteiger partial charge in [-0.1, -0.05) is 30.3 Å². The Kier molecular flexibility index (Phi) is 3.45. The van der Waals surface area contributed by atoms with Crippen LogP contribution in [0.5, 0.6) is 0 Å². The SMILES string of the molecule is Cc1ccc(C(=O)OC(=S)S)cc1. The molecule has 0 aliphatic heterocycles. The minimum Gasteiger partial charge on any atom is -0.405 e. The highest BCUT2D eigenvalue weighted by molar-refractivity contribution is 8.10. The number of rotatable bonds is 1. The Morgan fingerprint density at radius 2 is 1.92 bits per heavy atom. The summed E-state index contributed by atoms with van der Waals surface area (Å²) in [7, 11) is 0. The van der Waals surface area contributed by atoms with Crippen LogP contribution in [0.2, 0.25) is 0 Å². The Hall–Kier alpha value is -0.870. The molecule has 0 aliphatic carbocycles. The molecule has 1 aromatic carbocycles. The molecule has 0 unspecified atom stereocenters. The van der Waals surface area contributed by atoms with Gasteiger partial charge >= 0.3 is 5.97 Å². The van der Waals surface area contributed by atoms with Gasteiger partial charge in [0.1, 0.15) is 0 Å². The van der Waals surface area contributed by atoms with Crippen molar-refractivity contribution in [2.75, 3.05) is 0 Å². The summed E-state index contributed by atoms with van der Waals surface area (Å²) < 4.78 is 4.57. The predicted molar refractivity (Wildman–Crippen MR) is 58.2 cm³/mol. The van der Waals surface area contributed by atoms with Crippen LogP contribution < -0.4 is 0 Å². The Balaban J connectivity index is 2.78. The first kappa shape index (κ1) is 10.2. The average molecular weight is 212 g/mol. The number of benzene rings is 1. The molecule has 2 nitrogen and oxygen atoms in total. The zero-order valence-electron chi connectivity index (χ0n) is 6.98. The molecule has 1 rings (SSSR count). The first-order valence-electron chi connectivity index (χ1n) is 3.61. The topological polar surface area (TPSA) is 26.3 Å². The van der Waals surface area contributed by atoms with Gasteiger partial charge < -0.3 is 4.74 Å². The molecule has 0 aromatic heterocycles. The minimum absolute atomic E-state index is 0.0643. The van der Waals surface area contributed by atoms with Crippen molar-refractivity contribution in [3.05, 3.63) is 35.4 Å². The maximum Gasteiger partial charge on any atom is 0.344 e. The Labute approximate surface area is 87.3 Å². The number of aryl methyl sites for hydroxylation is 1. The second kappa shape index (κ2) is 4.39. The van der Waals surface area contributed by atoms with E-state index >= 15 is 0 Å². The molecule has 0 aliphatic rings. The van der Waals surface area contributed by atoms with Gasteiger partial charge in [-0.05, 0) is 31.3 Å². The van der Waals surface area contributed by atoms with E-state index in [4.69, 9.17) is 0 Å². The van der Waals surface area contributed by atoms with E-state index in [1.807, 2.05) is 19.1 Å². The lowest BCUT2D eigenvalue weighted by atomic mass is 10.2. The maximum absolute atomic E-state index is 11.2. The molecule has 0 saturated carbocycles. The lowest BCUT2D eigenvalue weighted by molar-refractivity contribution is 0.0729. The summed E-state index contributed by atoms with van der Waals surface area (Å²) >= 11 is 8.22. The molecule has 4 heteroatoms. The minimum atomic E-state index is -0.472. The molecule has 0 radical (unpaired) electrons. The van der Waals surface area contributed by atoms with Gasteiger partial charge in [0.2, 0.25) is 4.38 Å². The quantitative estimate of drug-likeness (QED) is 0.440. The van der Waals surface area contributed by atoms with Gasteiger partial charge in [-0.15, -0.1) is 0 Å². The van der Waals surface area contributed by atoms with Gasteiger partial charge in [0.15, 0.2) is 0 Å². The van der Waals surface area contributed by atoms with Gasteiger partial charge in [-0.25, -0.2) is 4.79 Å². The first-order chi connectivity index (χ1) is 6.09. The van der Waals surface area contributed by atoms with Crippen molar-refractivity contribution in [3.8, 4) is 0 Å². The largest absolute Gasteiger partial charge is 0.405 e. The average Bonchev–Trinajstić information content (AvgIpc) is 2.04. The van der Waals surface area contributed by atoms with E-state index in [-0.39, 0.29) is 4.38 Å². The molecule has 0 heterocycles. The predicted octanol–water partition coefficient (Wildman–Crippen LogP) is 2.37. The number of thiol groups is 1. The zero-order chi connectivity index (χ0) is 9.84. The second-order valence-corrected chi connectivity index (χ2v) is 3.60. The van der Waals surface area contributed by atoms with Crippen molar-refractivity contribution in [3.63, 3.8) is 0 Å². The van der Waals surface area contributed by atoms with Gasteiger partial charge in [0, 0.05) is 0 Å². The fourth-order valence-electron chi connectivity index (χ4n) is 0.828. The standard InChI is InChI=1S/C9H8O2S2/c1-6-2-4-7(5-3-6)8(10)11-9(12)13/h2-5H,1H3,(H,12,13). The van der Waals surface area contributed by atoms with Crippen LogP contribution in [-0.2, 0) is 4.74 Å². The van der Waals surface area contributed by atoms with Crippen molar-refractivity contribution in [1.29, 1.82) is 0 Å². The van der Waals surface area contributed by atoms with Crippen LogP contribution in [0.1, 0.15) is 15.9 Å². The lowest BCUT2D eigenvalue weighted by Crippen LogP contribution is -2.06. The lowest BCUT2D eigenvalue weighted by Gasteiger charge is -2.00. The van der Waals surface area contributed by atoms with E-state index in [1.165, 1.54) is 0 Å². The zero-order valence-corrected chi connectivity index (χ0v) is 8.69. The molecule has 0 amide bonds. The molecule has 0 atom stereocenters. The van der Waals surface area contributed by atoms with Crippen LogP contribution in [0.3, 0.4) is 0 Å². The highest BCUT2D eigenvalue weighted by atomic mass is 32.1. The molecule has 0 fully saturated rings. The van der Waals surface area contributed by atoms with Crippen molar-refractivity contribution in [1.82, 2.24) is 0 Å². The summed E-state index contributed by atoms with van der Waals surface area (Å²) in [6, 6.07) is 7.03. The van der Waals surface area contributed by atoms with Crippen molar-refractivity contribution in [2.45, 2.75) is 6.92 Å². The van der Waals surface area contributed by atoms with Crippen LogP contribution in [0.4, 0.5) is 0 Å². The number of ether oxygens (including phenoxy) is 1. The third-order valence-corrected chi connectivity index (χ3v) is 1.64. The third kappa shape index (κ3) is 3.16. The second-order valence-electron chi connectivity index (χ2n) is 2.52. The summed E-state index contributed by atoms with van der Waals surface area (Å²) in [6.07, 6.45) is 0. The van der Waals surface area contributed by atoms with Crippen molar-refractivity contribution in [2.24, 2.45) is 0 Å². The molecule has 0 spiro atoms. The van der Waals surface area contributed by atoms with Crippen LogP contribution in [0.15, 0.2) is 24.3 Å². The highest BCUT2D eigenvalue weighted by Gasteiger charge is 2.06. The monoisotopic (exact) mass is 212 g/mol. The number of esters is 1. The number of thiocarbonyl (C=S) groups is 1. The molecule has 13 heavy (non-hydrogen) atoms. The van der Waals surface area contributed by atoms with E-state index in [1.54, 1.807) is 12.1 Å². The first-order valence-corrected chi connectivity index (χ1v) is 4.47. The number of hydrogen-bond acceptors (Lipinski definition) is 3. The van der Waals surface area contributed by atoms with Crippen LogP contribution in [-0.4, -0.2) is 10.4 Å². The normalized spacial score (nSPS) is 9.38. The summed E-state index contributed by atoms with van der Waals surface area (Å²) in [5.74, 6) is -0.472. The molecular weight excluding hydrogens is 204 g/mol. The van der Waals surface area contributed by atoms with Gasteiger partial charge in [0.05, 0.1) is 5.56 Å². The summed E-state index contributed by atoms with van der Waals surface area (Å²) in [5.41, 5.74) is 1.56. The maximum atomic E-state index is 11.2. The smallest absolute Gasteiger partial charge is 0.344 e. The van der Waals surface area contributed by atoms with Crippen molar-refractivity contribution >= 4 is 35.2 Å². The molecular formula is C9H8O2S2. The summed E-state index contributed by atoms with van der Waals surface area (Å²) in [6.45, 7) is 1.94. The van der Waals surface area contributed by atoms with E-state index in [9.17, 15) is 4.79 Å². The Bertz CT molecular complexity index is 330. The van der Waals surface area contributed by atoms with Crippen LogP contribution in [0, 0.1) is 6.92 Å². The molecule has 68 valence electrons. The molecule has 0 bridgehead atoms. The summed E-state index contributed by atoms with van der Waals surface area (Å²) in [4.78, 5) is 11.2. The Morgan fingerprint density at radius 1 is 1.38 bits per heavy atom. The number of hydrogen-bond donors (Lipinski definition) is 1. The molecule has 0 N–H and O–H groups in total. The van der Waals surface area contributed by atoms with Crippen molar-refractivity contribution < 1.29 is 9.53 Å². The van der Waals surface area contributed by atoms with E-state index < -0.39 is 5.97 Å². The van der Waals surface area contributed by atoms with Gasteiger partial charge in [0.25, 0.3) is 0 Å². The van der Waals surface area contributed by atoms with E-state index in [0.29, 0.717) is 5.56 Å². The summed E-state index contributed by atoms with van der Waals surface area (Å²) in [5, 5.41) is 0. The number of carbonyl (C=O) groups excluding carboxylic acids is 1. The fourth-order valence-corrected chi connectivity index (χ4v) is 0.986. The molecule has 0 saturated heterocycles. The number of carbonyl (C=O) groups is 1. The van der Waals surface area contributed by atoms with E-state index in [2.05, 4.69) is 29.6 Å². The highest BCUT2D eigenvalue weighted by Crippen LogP contribution is 2.05. The van der Waals surface area contributed by atoms with E-state index in [0.717, 1.165) is 5.56 Å². The third-order valence-electron chi connectivity index (χ3n) is 1.47. The Morgan fingerprint density at radius 3 is 2.38 bits per heavy atom. The van der Waals surface area contributed by atoms with Crippen LogP contribution >= 0.6 is 24.8 Å². The fraction of sp³-hybridized carbons (Fsp3) is 0.111. The van der Waals surface area contributed by atoms with Gasteiger partial charge in [-0.2, -0.15) is 0 Å². The van der Waals surface area contributed by atoms with Crippen LogP contribution in [0.25, 0.3) is 0 Å². The molecule has 1 aromatic rings.